The van der Waals surface area contributed by atoms with E-state index >= 15 is 0 Å². The largest absolute Gasteiger partial charge is 0.352 e. The van der Waals surface area contributed by atoms with Crippen LogP contribution < -0.4 is 9.62 Å². The molecule has 7 nitrogen and oxygen atoms in total. The summed E-state index contributed by atoms with van der Waals surface area (Å²) in [6.45, 7) is 6.64. The maximum atomic E-state index is 14.0. The molecule has 0 fully saturated rings. The van der Waals surface area contributed by atoms with Gasteiger partial charge < -0.3 is 10.2 Å². The van der Waals surface area contributed by atoms with E-state index in [1.807, 2.05) is 20.8 Å². The van der Waals surface area contributed by atoms with Crippen LogP contribution in [0.25, 0.3) is 0 Å². The van der Waals surface area contributed by atoms with Crippen LogP contribution in [0.3, 0.4) is 0 Å². The molecule has 0 unspecified atom stereocenters. The number of hydrogen-bond donors (Lipinski definition) is 1. The first-order valence-electron chi connectivity index (χ1n) is 12.7. The van der Waals surface area contributed by atoms with Gasteiger partial charge >= 0.3 is 0 Å². The molecule has 0 saturated heterocycles. The Morgan fingerprint density at radius 3 is 2.23 bits per heavy atom. The van der Waals surface area contributed by atoms with Gasteiger partial charge in [-0.25, -0.2) is 8.42 Å². The van der Waals surface area contributed by atoms with E-state index in [-0.39, 0.29) is 39.1 Å². The van der Waals surface area contributed by atoms with E-state index in [4.69, 9.17) is 34.8 Å². The zero-order chi connectivity index (χ0) is 29.6. The first-order chi connectivity index (χ1) is 18.8. The minimum atomic E-state index is -4.27. The molecule has 0 radical (unpaired) electrons. The number of hydrogen-bond acceptors (Lipinski definition) is 4. The Morgan fingerprint density at radius 2 is 1.60 bits per heavy atom. The van der Waals surface area contributed by atoms with Crippen LogP contribution in [0.1, 0.15) is 38.3 Å². The number of carbonyl (C=O) groups is 2. The number of halogens is 3. The van der Waals surface area contributed by atoms with Crippen LogP contribution in [0.15, 0.2) is 71.6 Å². The van der Waals surface area contributed by atoms with Crippen LogP contribution in [0.4, 0.5) is 5.69 Å². The van der Waals surface area contributed by atoms with Gasteiger partial charge in [0, 0.05) is 17.6 Å². The molecule has 0 aliphatic rings. The molecule has 2 atom stereocenters. The predicted molar refractivity (Wildman–Crippen MR) is 162 cm³/mol. The lowest BCUT2D eigenvalue weighted by atomic mass is 10.1. The Labute approximate surface area is 251 Å². The molecule has 1 N–H and O–H groups in total. The zero-order valence-corrected chi connectivity index (χ0v) is 25.8. The lowest BCUT2D eigenvalue weighted by Gasteiger charge is -2.32. The van der Waals surface area contributed by atoms with E-state index in [0.29, 0.717) is 17.0 Å². The molecule has 11 heteroatoms. The van der Waals surface area contributed by atoms with Crippen LogP contribution >= 0.6 is 34.8 Å². The van der Waals surface area contributed by atoms with Gasteiger partial charge in [0.1, 0.15) is 12.6 Å². The van der Waals surface area contributed by atoms with Crippen molar-refractivity contribution in [2.24, 2.45) is 0 Å². The Kier molecular flexibility index (Phi) is 10.9. The van der Waals surface area contributed by atoms with Crippen molar-refractivity contribution in [2.45, 2.75) is 57.6 Å². The number of carbonyl (C=O) groups excluding carboxylic acids is 2. The van der Waals surface area contributed by atoms with E-state index in [1.165, 1.54) is 29.2 Å². The second-order valence-electron chi connectivity index (χ2n) is 9.54. The van der Waals surface area contributed by atoms with Gasteiger partial charge in [0.2, 0.25) is 11.8 Å². The highest BCUT2D eigenvalue weighted by Crippen LogP contribution is 2.35. The summed E-state index contributed by atoms with van der Waals surface area (Å²) in [6.07, 6.45) is 0.705. The summed E-state index contributed by atoms with van der Waals surface area (Å²) in [7, 11) is -4.27. The van der Waals surface area contributed by atoms with Crippen molar-refractivity contribution in [1.82, 2.24) is 10.2 Å². The quantitative estimate of drug-likeness (QED) is 0.265. The Morgan fingerprint density at radius 1 is 0.950 bits per heavy atom. The highest BCUT2D eigenvalue weighted by molar-refractivity contribution is 7.92. The van der Waals surface area contributed by atoms with Gasteiger partial charge in [-0.15, -0.1) is 0 Å². The van der Waals surface area contributed by atoms with Crippen molar-refractivity contribution in [3.8, 4) is 0 Å². The smallest absolute Gasteiger partial charge is 0.264 e. The molecule has 0 aromatic heterocycles. The normalized spacial score (nSPS) is 12.9. The minimum Gasteiger partial charge on any atom is -0.352 e. The first-order valence-corrected chi connectivity index (χ1v) is 15.3. The third kappa shape index (κ3) is 7.69. The molecule has 0 aliphatic carbocycles. The van der Waals surface area contributed by atoms with Gasteiger partial charge in [-0.1, -0.05) is 77.6 Å². The van der Waals surface area contributed by atoms with Gasteiger partial charge in [-0.2, -0.15) is 0 Å². The summed E-state index contributed by atoms with van der Waals surface area (Å²) in [5.74, 6) is -0.975. The molecule has 3 rings (SSSR count). The fourth-order valence-corrected chi connectivity index (χ4v) is 6.00. The highest BCUT2D eigenvalue weighted by atomic mass is 35.5. The van der Waals surface area contributed by atoms with Crippen molar-refractivity contribution in [2.75, 3.05) is 10.8 Å². The molecule has 40 heavy (non-hydrogen) atoms. The van der Waals surface area contributed by atoms with E-state index < -0.39 is 28.5 Å². The zero-order valence-electron chi connectivity index (χ0n) is 22.7. The highest BCUT2D eigenvalue weighted by Gasteiger charge is 2.34. The maximum absolute atomic E-state index is 14.0. The first kappa shape index (κ1) is 31.7. The fraction of sp³-hybridized carbons (Fsp3) is 0.310. The lowest BCUT2D eigenvalue weighted by Crippen LogP contribution is -2.52. The third-order valence-electron chi connectivity index (χ3n) is 6.50. The number of nitrogens with one attached hydrogen (secondary N) is 1. The van der Waals surface area contributed by atoms with Gasteiger partial charge in [0.25, 0.3) is 10.0 Å². The SMILES string of the molecule is CC[C@H](C)NC(=O)[C@@H](C)N(Cc1cccc(Cl)c1)C(=O)CN(c1cccc(Cl)c1Cl)S(=O)(=O)c1ccc(C)cc1. The number of aryl methyl sites for hydroxylation is 1. The number of anilines is 1. The van der Waals surface area contributed by atoms with Crippen LogP contribution in [-0.2, 0) is 26.2 Å². The molecule has 214 valence electrons. The van der Waals surface area contributed by atoms with Crippen LogP contribution in [0.2, 0.25) is 15.1 Å². The number of amides is 2. The summed E-state index contributed by atoms with van der Waals surface area (Å²) < 4.78 is 28.8. The Balaban J connectivity index is 2.07. The molecule has 0 bridgehead atoms. The van der Waals surface area contributed by atoms with E-state index in [0.717, 1.165) is 9.87 Å². The second-order valence-corrected chi connectivity index (χ2v) is 12.6. The molecule has 0 saturated carbocycles. The van der Waals surface area contributed by atoms with E-state index in [2.05, 4.69) is 5.32 Å². The molecule has 0 aliphatic heterocycles. The number of sulfonamides is 1. The summed E-state index contributed by atoms with van der Waals surface area (Å²) in [5, 5.41) is 3.48. The van der Waals surface area contributed by atoms with Crippen molar-refractivity contribution < 1.29 is 18.0 Å². The van der Waals surface area contributed by atoms with Crippen molar-refractivity contribution in [3.63, 3.8) is 0 Å². The van der Waals surface area contributed by atoms with Gasteiger partial charge in [-0.3, -0.25) is 13.9 Å². The molecular weight excluding hydrogens is 593 g/mol. The van der Waals surface area contributed by atoms with Crippen LogP contribution in [0.5, 0.6) is 0 Å². The third-order valence-corrected chi connectivity index (χ3v) is 9.32. The molecule has 0 spiro atoms. The van der Waals surface area contributed by atoms with Crippen molar-refractivity contribution in [3.05, 3.63) is 92.9 Å². The summed E-state index contributed by atoms with van der Waals surface area (Å²) in [5.41, 5.74) is 1.59. The Bertz CT molecular complexity index is 1470. The van der Waals surface area contributed by atoms with Crippen LogP contribution in [0, 0.1) is 6.92 Å². The number of rotatable bonds is 11. The molecule has 3 aromatic carbocycles. The molecule has 3 aromatic rings. The topological polar surface area (TPSA) is 86.8 Å². The second kappa shape index (κ2) is 13.7. The van der Waals surface area contributed by atoms with Gasteiger partial charge in [0.05, 0.1) is 20.6 Å². The number of benzene rings is 3. The van der Waals surface area contributed by atoms with E-state index in [9.17, 15) is 18.0 Å². The van der Waals surface area contributed by atoms with Crippen LogP contribution in [-0.4, -0.2) is 43.8 Å². The van der Waals surface area contributed by atoms with Crippen molar-refractivity contribution >= 4 is 62.3 Å². The summed E-state index contributed by atoms with van der Waals surface area (Å²) in [4.78, 5) is 28.4. The van der Waals surface area contributed by atoms with Crippen molar-refractivity contribution in [1.29, 1.82) is 0 Å². The van der Waals surface area contributed by atoms with Gasteiger partial charge in [-0.05, 0) is 69.2 Å². The molecular formula is C29H32Cl3N3O4S. The standard InChI is InChI=1S/C29H32Cl3N3O4S/c1-5-20(3)33-29(37)21(4)34(17-22-8-6-9-23(30)16-22)27(36)18-35(26-11-7-10-25(31)28(26)32)40(38,39)24-14-12-19(2)13-15-24/h6-16,20-21H,5,17-18H2,1-4H3,(H,33,37)/t20-,21+/m0/s1. The van der Waals surface area contributed by atoms with Gasteiger partial charge in [0.15, 0.2) is 0 Å². The lowest BCUT2D eigenvalue weighted by molar-refractivity contribution is -0.139. The van der Waals surface area contributed by atoms with E-state index in [1.54, 1.807) is 49.4 Å². The molecule has 2 amide bonds. The predicted octanol–water partition coefficient (Wildman–Crippen LogP) is 6.48. The molecule has 0 heterocycles. The monoisotopic (exact) mass is 623 g/mol. The average molecular weight is 625 g/mol. The minimum absolute atomic E-state index is 0.0170. The summed E-state index contributed by atoms with van der Waals surface area (Å²) >= 11 is 18.9. The number of nitrogens with zero attached hydrogens (tertiary/aromatic N) is 2. The maximum Gasteiger partial charge on any atom is 0.264 e. The average Bonchev–Trinajstić information content (AvgIpc) is 2.91. The fourth-order valence-electron chi connectivity index (χ4n) is 3.92. The Hall–Kier alpha value is -2.78. The summed E-state index contributed by atoms with van der Waals surface area (Å²) in [6, 6.07) is 16.7.